The van der Waals surface area contributed by atoms with Crippen LogP contribution in [-0.4, -0.2) is 25.0 Å². The summed E-state index contributed by atoms with van der Waals surface area (Å²) < 4.78 is 5.38. The third-order valence-corrected chi connectivity index (χ3v) is 4.05. The van der Waals surface area contributed by atoms with Crippen LogP contribution in [0.5, 0.6) is 5.88 Å². The molecule has 126 valence electrons. The predicted molar refractivity (Wildman–Crippen MR) is 99.2 cm³/mol. The maximum Gasteiger partial charge on any atom is 0.258 e. The van der Waals surface area contributed by atoms with Crippen LogP contribution in [0.3, 0.4) is 0 Å². The topological polar surface area (TPSA) is 42.4 Å². The molecule has 0 unspecified atom stereocenters. The molecule has 25 heavy (non-hydrogen) atoms. The summed E-state index contributed by atoms with van der Waals surface area (Å²) >= 11 is 0. The lowest BCUT2D eigenvalue weighted by Crippen LogP contribution is -2.26. The molecule has 1 aromatic heterocycles. The van der Waals surface area contributed by atoms with Crippen molar-refractivity contribution < 1.29 is 9.53 Å². The monoisotopic (exact) mass is 332 g/mol. The van der Waals surface area contributed by atoms with E-state index in [-0.39, 0.29) is 5.91 Å². The number of methoxy groups -OCH3 is 1. The molecule has 0 aliphatic rings. The van der Waals surface area contributed by atoms with Crippen molar-refractivity contribution in [1.82, 2.24) is 4.98 Å². The largest absolute Gasteiger partial charge is 0.481 e. The van der Waals surface area contributed by atoms with Gasteiger partial charge in [0.1, 0.15) is 0 Å². The Morgan fingerprint density at radius 2 is 1.68 bits per heavy atom. The number of ether oxygens (including phenoxy) is 1. The molecule has 4 nitrogen and oxygen atoms in total. The standard InChI is InChI=1S/C21H20N2O2/c1-23(21(24)17-11-7-4-8-12-17)19-14-18(20(25-2)22-15-19)13-16-9-5-3-6-10-16/h3-12,14-15H,13H2,1-2H3. The van der Waals surface area contributed by atoms with Crippen LogP contribution in [0.25, 0.3) is 0 Å². The second-order valence-electron chi connectivity index (χ2n) is 5.75. The first-order valence-electron chi connectivity index (χ1n) is 8.09. The van der Waals surface area contributed by atoms with Crippen molar-refractivity contribution >= 4 is 11.6 Å². The molecular weight excluding hydrogens is 312 g/mol. The van der Waals surface area contributed by atoms with E-state index in [0.717, 1.165) is 16.8 Å². The SMILES string of the molecule is COc1ncc(N(C)C(=O)c2ccccc2)cc1Cc1ccccc1. The van der Waals surface area contributed by atoms with Crippen molar-refractivity contribution in [1.29, 1.82) is 0 Å². The van der Waals surface area contributed by atoms with Gasteiger partial charge in [0.15, 0.2) is 0 Å². The number of carbonyl (C=O) groups excluding carboxylic acids is 1. The first-order chi connectivity index (χ1) is 12.2. The smallest absolute Gasteiger partial charge is 0.258 e. The minimum Gasteiger partial charge on any atom is -0.481 e. The van der Waals surface area contributed by atoms with Gasteiger partial charge < -0.3 is 9.64 Å². The highest BCUT2D eigenvalue weighted by molar-refractivity contribution is 6.05. The van der Waals surface area contributed by atoms with E-state index in [1.807, 2.05) is 42.5 Å². The number of hydrogen-bond acceptors (Lipinski definition) is 3. The molecule has 0 spiro atoms. The van der Waals surface area contributed by atoms with Crippen LogP contribution in [0.2, 0.25) is 0 Å². The molecule has 3 rings (SSSR count). The fraction of sp³-hybridized carbons (Fsp3) is 0.143. The number of nitrogens with zero attached hydrogens (tertiary/aromatic N) is 2. The Labute approximate surface area is 147 Å². The van der Waals surface area contributed by atoms with Crippen LogP contribution in [-0.2, 0) is 6.42 Å². The Hall–Kier alpha value is -3.14. The van der Waals surface area contributed by atoms with Crippen molar-refractivity contribution in [3.8, 4) is 5.88 Å². The molecule has 0 radical (unpaired) electrons. The van der Waals surface area contributed by atoms with Crippen molar-refractivity contribution in [2.45, 2.75) is 6.42 Å². The molecule has 0 N–H and O–H groups in total. The number of carbonyl (C=O) groups is 1. The average Bonchev–Trinajstić information content (AvgIpc) is 2.68. The molecule has 3 aromatic rings. The van der Waals surface area contributed by atoms with Gasteiger partial charge in [-0.2, -0.15) is 0 Å². The van der Waals surface area contributed by atoms with Gasteiger partial charge in [-0.15, -0.1) is 0 Å². The van der Waals surface area contributed by atoms with Gasteiger partial charge in [0, 0.05) is 24.6 Å². The van der Waals surface area contributed by atoms with Gasteiger partial charge in [-0.05, 0) is 23.8 Å². The minimum absolute atomic E-state index is 0.0711. The molecule has 1 amide bonds. The van der Waals surface area contributed by atoms with Crippen LogP contribution in [0, 0.1) is 0 Å². The van der Waals surface area contributed by atoms with Crippen molar-refractivity contribution in [3.05, 3.63) is 89.6 Å². The Morgan fingerprint density at radius 1 is 1.04 bits per heavy atom. The summed E-state index contributed by atoms with van der Waals surface area (Å²) in [4.78, 5) is 18.6. The van der Waals surface area contributed by atoms with Crippen LogP contribution in [0.15, 0.2) is 72.9 Å². The Morgan fingerprint density at radius 3 is 2.32 bits per heavy atom. The summed E-state index contributed by atoms with van der Waals surface area (Å²) in [6.07, 6.45) is 2.35. The van der Waals surface area contributed by atoms with Crippen molar-refractivity contribution in [2.24, 2.45) is 0 Å². The molecule has 0 fully saturated rings. The molecule has 0 bridgehead atoms. The van der Waals surface area contributed by atoms with Gasteiger partial charge in [-0.3, -0.25) is 4.79 Å². The quantitative estimate of drug-likeness (QED) is 0.710. The van der Waals surface area contributed by atoms with Crippen molar-refractivity contribution in [3.63, 3.8) is 0 Å². The number of benzene rings is 2. The zero-order valence-electron chi connectivity index (χ0n) is 14.3. The lowest BCUT2D eigenvalue weighted by molar-refractivity contribution is 0.0993. The number of rotatable bonds is 5. The van der Waals surface area contributed by atoms with Gasteiger partial charge in [0.05, 0.1) is 19.0 Å². The van der Waals surface area contributed by atoms with Crippen LogP contribution < -0.4 is 9.64 Å². The Kier molecular flexibility index (Phi) is 5.09. The predicted octanol–water partition coefficient (Wildman–Crippen LogP) is 3.96. The number of aromatic nitrogens is 1. The highest BCUT2D eigenvalue weighted by atomic mass is 16.5. The molecule has 0 atom stereocenters. The first kappa shape index (κ1) is 16.7. The fourth-order valence-electron chi connectivity index (χ4n) is 2.69. The number of hydrogen-bond donors (Lipinski definition) is 0. The maximum absolute atomic E-state index is 12.6. The summed E-state index contributed by atoms with van der Waals surface area (Å²) in [5.41, 5.74) is 3.49. The lowest BCUT2D eigenvalue weighted by Gasteiger charge is -2.19. The number of pyridine rings is 1. The summed E-state index contributed by atoms with van der Waals surface area (Å²) in [6, 6.07) is 21.3. The van der Waals surface area contributed by atoms with Gasteiger partial charge in [-0.25, -0.2) is 4.98 Å². The molecule has 0 aliphatic carbocycles. The molecule has 0 saturated heterocycles. The zero-order valence-corrected chi connectivity index (χ0v) is 14.3. The molecule has 0 aliphatic heterocycles. The lowest BCUT2D eigenvalue weighted by atomic mass is 10.1. The van der Waals surface area contributed by atoms with Crippen molar-refractivity contribution in [2.75, 3.05) is 19.1 Å². The van der Waals surface area contributed by atoms with Crippen LogP contribution in [0.1, 0.15) is 21.5 Å². The Balaban J connectivity index is 1.89. The van der Waals surface area contributed by atoms with Crippen LogP contribution >= 0.6 is 0 Å². The average molecular weight is 332 g/mol. The molecular formula is C21H20N2O2. The zero-order chi connectivity index (χ0) is 17.6. The Bertz CT molecular complexity index is 848. The third-order valence-electron chi connectivity index (χ3n) is 4.05. The van der Waals surface area contributed by atoms with E-state index < -0.39 is 0 Å². The third kappa shape index (κ3) is 3.86. The number of amides is 1. The molecule has 0 saturated carbocycles. The summed E-state index contributed by atoms with van der Waals surface area (Å²) in [7, 11) is 3.36. The summed E-state index contributed by atoms with van der Waals surface area (Å²) in [6.45, 7) is 0. The normalized spacial score (nSPS) is 10.3. The highest BCUT2D eigenvalue weighted by Crippen LogP contribution is 2.25. The molecule has 1 heterocycles. The summed E-state index contributed by atoms with van der Waals surface area (Å²) in [5.74, 6) is 0.506. The number of anilines is 1. The van der Waals surface area contributed by atoms with Gasteiger partial charge in [-0.1, -0.05) is 48.5 Å². The minimum atomic E-state index is -0.0711. The second kappa shape index (κ2) is 7.62. The van der Waals surface area contributed by atoms with Gasteiger partial charge in [0.2, 0.25) is 5.88 Å². The van der Waals surface area contributed by atoms with E-state index in [1.54, 1.807) is 37.4 Å². The van der Waals surface area contributed by atoms with E-state index in [1.165, 1.54) is 0 Å². The van der Waals surface area contributed by atoms with Gasteiger partial charge in [0.25, 0.3) is 5.91 Å². The first-order valence-corrected chi connectivity index (χ1v) is 8.09. The maximum atomic E-state index is 12.6. The van der Waals surface area contributed by atoms with E-state index >= 15 is 0 Å². The van der Waals surface area contributed by atoms with Crippen LogP contribution in [0.4, 0.5) is 5.69 Å². The molecule has 2 aromatic carbocycles. The van der Waals surface area contributed by atoms with E-state index in [4.69, 9.17) is 4.74 Å². The second-order valence-corrected chi connectivity index (χ2v) is 5.75. The van der Waals surface area contributed by atoms with E-state index in [9.17, 15) is 4.79 Å². The fourth-order valence-corrected chi connectivity index (χ4v) is 2.69. The molecule has 4 heteroatoms. The van der Waals surface area contributed by atoms with Gasteiger partial charge >= 0.3 is 0 Å². The summed E-state index contributed by atoms with van der Waals surface area (Å²) in [5, 5.41) is 0. The van der Waals surface area contributed by atoms with E-state index in [0.29, 0.717) is 17.9 Å². The van der Waals surface area contributed by atoms with E-state index in [2.05, 4.69) is 17.1 Å². The highest BCUT2D eigenvalue weighted by Gasteiger charge is 2.16.